The number of unbranched alkanes of at least 4 members (excludes halogenated alkanes) is 3. The number of hydrogen-bond donors (Lipinski definition) is 2. The summed E-state index contributed by atoms with van der Waals surface area (Å²) >= 11 is 0. The van der Waals surface area contributed by atoms with Crippen LogP contribution >= 0.6 is 0 Å². The third-order valence-corrected chi connectivity index (χ3v) is 4.72. The summed E-state index contributed by atoms with van der Waals surface area (Å²) in [5.41, 5.74) is 5.08. The van der Waals surface area contributed by atoms with Crippen molar-refractivity contribution in [1.29, 1.82) is 0 Å². The van der Waals surface area contributed by atoms with Gasteiger partial charge in [0.05, 0.1) is 6.61 Å². The van der Waals surface area contributed by atoms with Gasteiger partial charge in [0, 0.05) is 25.6 Å². The van der Waals surface area contributed by atoms with E-state index in [-0.39, 0.29) is 31.4 Å². The van der Waals surface area contributed by atoms with Gasteiger partial charge in [0.1, 0.15) is 12.3 Å². The fourth-order valence-electron chi connectivity index (χ4n) is 2.97. The Morgan fingerprint density at radius 3 is 2.40 bits per heavy atom. The van der Waals surface area contributed by atoms with E-state index in [1.807, 2.05) is 0 Å². The summed E-state index contributed by atoms with van der Waals surface area (Å²) in [6, 6.07) is 6.34. The molecular weight excluding hydrogens is 388 g/mol. The van der Waals surface area contributed by atoms with Crippen LogP contribution in [0.4, 0.5) is 4.79 Å². The summed E-state index contributed by atoms with van der Waals surface area (Å²) in [6.45, 7) is 3.03. The summed E-state index contributed by atoms with van der Waals surface area (Å²) in [5, 5.41) is 0. The van der Waals surface area contributed by atoms with Gasteiger partial charge in [-0.05, 0) is 37.1 Å². The average molecular weight is 418 g/mol. The summed E-state index contributed by atoms with van der Waals surface area (Å²) in [6.07, 6.45) is 4.90. The van der Waals surface area contributed by atoms with Gasteiger partial charge in [0.15, 0.2) is 0 Å². The molecule has 0 aliphatic carbocycles. The predicted molar refractivity (Wildman–Crippen MR) is 111 cm³/mol. The third kappa shape index (κ3) is 7.06. The van der Waals surface area contributed by atoms with Gasteiger partial charge in [-0.1, -0.05) is 26.2 Å². The molecule has 0 radical (unpaired) electrons. The molecular formula is C21H30N4O5. The first-order valence-corrected chi connectivity index (χ1v) is 10.3. The zero-order valence-electron chi connectivity index (χ0n) is 17.6. The normalized spacial score (nSPS) is 13.5. The number of imide groups is 1. The number of carbonyl (C=O) groups excluding carboxylic acids is 4. The van der Waals surface area contributed by atoms with Crippen LogP contribution in [0, 0.1) is 0 Å². The topological polar surface area (TPSA) is 108 Å². The van der Waals surface area contributed by atoms with Crippen molar-refractivity contribution in [3.8, 4) is 5.75 Å². The molecule has 5 amide bonds. The van der Waals surface area contributed by atoms with Crippen molar-refractivity contribution in [2.24, 2.45) is 0 Å². The monoisotopic (exact) mass is 418 g/mol. The van der Waals surface area contributed by atoms with E-state index < -0.39 is 11.8 Å². The van der Waals surface area contributed by atoms with E-state index in [9.17, 15) is 19.2 Å². The number of hydrazine groups is 1. The molecule has 1 aliphatic rings. The van der Waals surface area contributed by atoms with Gasteiger partial charge in [-0.25, -0.2) is 4.79 Å². The maximum Gasteiger partial charge on any atom is 0.326 e. The minimum absolute atomic E-state index is 0.0593. The smallest absolute Gasteiger partial charge is 0.326 e. The molecule has 1 fully saturated rings. The van der Waals surface area contributed by atoms with Crippen molar-refractivity contribution in [3.63, 3.8) is 0 Å². The first kappa shape index (κ1) is 23.2. The molecule has 0 unspecified atom stereocenters. The second-order valence-electron chi connectivity index (χ2n) is 7.22. The number of benzene rings is 1. The Balaban J connectivity index is 1.65. The molecule has 0 saturated carbocycles. The van der Waals surface area contributed by atoms with Crippen LogP contribution in [0.25, 0.3) is 0 Å². The van der Waals surface area contributed by atoms with Crippen molar-refractivity contribution >= 4 is 23.8 Å². The van der Waals surface area contributed by atoms with Gasteiger partial charge >= 0.3 is 6.03 Å². The van der Waals surface area contributed by atoms with Crippen molar-refractivity contribution in [1.82, 2.24) is 20.7 Å². The molecule has 9 heteroatoms. The van der Waals surface area contributed by atoms with Gasteiger partial charge in [-0.15, -0.1) is 0 Å². The molecule has 1 heterocycles. The average Bonchev–Trinajstić information content (AvgIpc) is 2.98. The van der Waals surface area contributed by atoms with Crippen LogP contribution in [-0.2, 0) is 9.59 Å². The first-order chi connectivity index (χ1) is 14.4. The molecule has 0 aromatic heterocycles. The van der Waals surface area contributed by atoms with Gasteiger partial charge in [-0.2, -0.15) is 0 Å². The highest BCUT2D eigenvalue weighted by Crippen LogP contribution is 2.13. The molecule has 0 atom stereocenters. The molecule has 164 valence electrons. The van der Waals surface area contributed by atoms with E-state index in [1.54, 1.807) is 31.3 Å². The Labute approximate surface area is 176 Å². The highest BCUT2D eigenvalue weighted by molar-refractivity contribution is 6.01. The quantitative estimate of drug-likeness (QED) is 0.325. The zero-order chi connectivity index (χ0) is 21.9. The molecule has 2 rings (SSSR count). The zero-order valence-corrected chi connectivity index (χ0v) is 17.6. The fourth-order valence-corrected chi connectivity index (χ4v) is 2.97. The van der Waals surface area contributed by atoms with Crippen LogP contribution in [0.2, 0.25) is 0 Å². The van der Waals surface area contributed by atoms with Crippen LogP contribution in [0.15, 0.2) is 24.3 Å². The summed E-state index contributed by atoms with van der Waals surface area (Å²) < 4.78 is 5.64. The summed E-state index contributed by atoms with van der Waals surface area (Å²) in [7, 11) is 1.55. The van der Waals surface area contributed by atoms with E-state index in [0.717, 1.165) is 17.7 Å². The van der Waals surface area contributed by atoms with Gasteiger partial charge in [0.2, 0.25) is 11.8 Å². The van der Waals surface area contributed by atoms with E-state index in [0.29, 0.717) is 24.3 Å². The van der Waals surface area contributed by atoms with Crippen LogP contribution in [0.5, 0.6) is 5.75 Å². The Kier molecular flexibility index (Phi) is 9.11. The highest BCUT2D eigenvalue weighted by atomic mass is 16.5. The van der Waals surface area contributed by atoms with E-state index >= 15 is 0 Å². The third-order valence-electron chi connectivity index (χ3n) is 4.72. The lowest BCUT2D eigenvalue weighted by atomic mass is 10.2. The summed E-state index contributed by atoms with van der Waals surface area (Å²) in [4.78, 5) is 49.9. The lowest BCUT2D eigenvalue weighted by Gasteiger charge is -2.13. The number of nitrogens with zero attached hydrogens (tertiary/aromatic N) is 2. The number of rotatable bonds is 11. The standard InChI is InChI=1S/C21H30N4O5/c1-3-4-5-6-14-30-17-11-9-16(10-12-17)20(28)23-22-18(26)8-7-13-25-19(27)15-24(2)21(25)29/h9-12H,3-8,13-15H2,1-2H3,(H,22,26)(H,23,28). The van der Waals surface area contributed by atoms with Gasteiger partial charge in [0.25, 0.3) is 5.91 Å². The fraction of sp³-hybridized carbons (Fsp3) is 0.524. The second kappa shape index (κ2) is 11.8. The van der Waals surface area contributed by atoms with Crippen LogP contribution < -0.4 is 15.6 Å². The highest BCUT2D eigenvalue weighted by Gasteiger charge is 2.32. The molecule has 0 bridgehead atoms. The minimum Gasteiger partial charge on any atom is -0.494 e. The Morgan fingerprint density at radius 2 is 1.77 bits per heavy atom. The lowest BCUT2D eigenvalue weighted by Crippen LogP contribution is -2.42. The molecule has 1 aromatic carbocycles. The molecule has 9 nitrogen and oxygen atoms in total. The predicted octanol–water partition coefficient (Wildman–Crippen LogP) is 2.08. The van der Waals surface area contributed by atoms with Crippen molar-refractivity contribution in [2.75, 3.05) is 26.7 Å². The number of ether oxygens (including phenoxy) is 1. The molecule has 0 spiro atoms. The van der Waals surface area contributed by atoms with Gasteiger partial charge < -0.3 is 9.64 Å². The van der Waals surface area contributed by atoms with Crippen molar-refractivity contribution in [2.45, 2.75) is 45.4 Å². The molecule has 2 N–H and O–H groups in total. The number of amides is 5. The Bertz CT molecular complexity index is 750. The second-order valence-corrected chi connectivity index (χ2v) is 7.22. The van der Waals surface area contributed by atoms with Crippen molar-refractivity contribution < 1.29 is 23.9 Å². The lowest BCUT2D eigenvalue weighted by molar-refractivity contribution is -0.126. The van der Waals surface area contributed by atoms with Crippen LogP contribution in [0.3, 0.4) is 0 Å². The molecule has 1 aliphatic heterocycles. The number of urea groups is 1. The van der Waals surface area contributed by atoms with E-state index in [1.165, 1.54) is 17.7 Å². The molecule has 30 heavy (non-hydrogen) atoms. The maximum absolute atomic E-state index is 12.1. The number of carbonyl (C=O) groups is 4. The first-order valence-electron chi connectivity index (χ1n) is 10.3. The molecule has 1 saturated heterocycles. The Morgan fingerprint density at radius 1 is 1.03 bits per heavy atom. The van der Waals surface area contributed by atoms with E-state index in [2.05, 4.69) is 17.8 Å². The maximum atomic E-state index is 12.1. The Hall–Kier alpha value is -3.10. The summed E-state index contributed by atoms with van der Waals surface area (Å²) in [5.74, 6) is -0.416. The van der Waals surface area contributed by atoms with Crippen LogP contribution in [-0.4, -0.2) is 60.3 Å². The van der Waals surface area contributed by atoms with Gasteiger partial charge in [-0.3, -0.25) is 30.1 Å². The van der Waals surface area contributed by atoms with Crippen LogP contribution in [0.1, 0.15) is 55.8 Å². The minimum atomic E-state index is -0.440. The number of likely N-dealkylation sites (N-methyl/N-ethyl adjacent to an activating group) is 1. The van der Waals surface area contributed by atoms with E-state index in [4.69, 9.17) is 4.74 Å². The SMILES string of the molecule is CCCCCCOc1ccc(C(=O)NNC(=O)CCCN2C(=O)CN(C)C2=O)cc1. The molecule has 1 aromatic rings. The van der Waals surface area contributed by atoms with Crippen molar-refractivity contribution in [3.05, 3.63) is 29.8 Å². The number of nitrogens with one attached hydrogen (secondary N) is 2. The number of hydrogen-bond acceptors (Lipinski definition) is 5. The largest absolute Gasteiger partial charge is 0.494 e.